The first kappa shape index (κ1) is 10.5. The van der Waals surface area contributed by atoms with Crippen molar-refractivity contribution in [3.8, 4) is 5.69 Å². The Balaban J connectivity index is 2.68. The summed E-state index contributed by atoms with van der Waals surface area (Å²) in [7, 11) is 0. The van der Waals surface area contributed by atoms with Crippen LogP contribution in [0.15, 0.2) is 24.3 Å². The Bertz CT molecular complexity index is 605. The summed E-state index contributed by atoms with van der Waals surface area (Å²) in [5.41, 5.74) is 0.316. The lowest BCUT2D eigenvalue weighted by atomic mass is 10.3. The highest BCUT2D eigenvalue weighted by Crippen LogP contribution is 2.12. The molecule has 5 nitrogen and oxygen atoms in total. The maximum atomic E-state index is 13.0. The molecule has 0 unspecified atom stereocenters. The van der Waals surface area contributed by atoms with E-state index < -0.39 is 11.8 Å². The van der Waals surface area contributed by atoms with Gasteiger partial charge in [-0.1, -0.05) is 6.07 Å². The number of nitrogens with one attached hydrogen (secondary N) is 1. The summed E-state index contributed by atoms with van der Waals surface area (Å²) in [6.07, 6.45) is 0. The number of carboxylic acids is 1. The van der Waals surface area contributed by atoms with Gasteiger partial charge in [0.25, 0.3) is 0 Å². The Morgan fingerprint density at radius 3 is 2.94 bits per heavy atom. The summed E-state index contributed by atoms with van der Waals surface area (Å²) in [4.78, 5) is 10.8. The van der Waals surface area contributed by atoms with E-state index in [4.69, 9.17) is 17.3 Å². The molecule has 0 radical (unpaired) electrons. The van der Waals surface area contributed by atoms with Crippen LogP contribution in [0.5, 0.6) is 0 Å². The van der Waals surface area contributed by atoms with Crippen molar-refractivity contribution in [3.63, 3.8) is 0 Å². The van der Waals surface area contributed by atoms with Crippen LogP contribution in [-0.4, -0.2) is 25.8 Å². The van der Waals surface area contributed by atoms with E-state index in [0.717, 1.165) is 4.57 Å². The summed E-state index contributed by atoms with van der Waals surface area (Å²) in [5, 5.41) is 14.8. The molecule has 82 valence electrons. The molecule has 2 rings (SSSR count). The average Bonchev–Trinajstić information content (AvgIpc) is 2.60. The van der Waals surface area contributed by atoms with Crippen LogP contribution < -0.4 is 0 Å². The quantitative estimate of drug-likeness (QED) is 0.783. The van der Waals surface area contributed by atoms with Gasteiger partial charge >= 0.3 is 5.97 Å². The molecular formula is C9H6FN3O2S. The largest absolute Gasteiger partial charge is 0.475 e. The summed E-state index contributed by atoms with van der Waals surface area (Å²) >= 11 is 4.88. The van der Waals surface area contributed by atoms with Crippen molar-refractivity contribution in [2.45, 2.75) is 0 Å². The monoisotopic (exact) mass is 239 g/mol. The lowest BCUT2D eigenvalue weighted by molar-refractivity contribution is 0.0681. The van der Waals surface area contributed by atoms with Gasteiger partial charge in [-0.15, -0.1) is 5.10 Å². The number of halogens is 1. The van der Waals surface area contributed by atoms with Crippen molar-refractivity contribution in [3.05, 3.63) is 40.7 Å². The molecule has 2 N–H and O–H groups in total. The molecule has 1 aromatic heterocycles. The second-order valence-electron chi connectivity index (χ2n) is 2.97. The number of carboxylic acid groups (broad SMARTS) is 1. The second-order valence-corrected chi connectivity index (χ2v) is 3.36. The highest BCUT2D eigenvalue weighted by molar-refractivity contribution is 7.71. The van der Waals surface area contributed by atoms with Crippen molar-refractivity contribution in [1.82, 2.24) is 14.8 Å². The van der Waals surface area contributed by atoms with Gasteiger partial charge in [0.2, 0.25) is 5.82 Å². The maximum Gasteiger partial charge on any atom is 0.374 e. The van der Waals surface area contributed by atoms with E-state index in [-0.39, 0.29) is 10.6 Å². The lowest BCUT2D eigenvalue weighted by Crippen LogP contribution is -2.08. The fourth-order valence-electron chi connectivity index (χ4n) is 1.30. The minimum Gasteiger partial charge on any atom is -0.475 e. The van der Waals surface area contributed by atoms with E-state index in [2.05, 4.69) is 10.2 Å². The fraction of sp³-hybridized carbons (Fsp3) is 0. The smallest absolute Gasteiger partial charge is 0.374 e. The van der Waals surface area contributed by atoms with Gasteiger partial charge in [-0.25, -0.2) is 9.18 Å². The van der Waals surface area contributed by atoms with E-state index in [9.17, 15) is 9.18 Å². The van der Waals surface area contributed by atoms with E-state index in [1.54, 1.807) is 6.07 Å². The molecule has 0 bridgehead atoms. The zero-order chi connectivity index (χ0) is 11.7. The second kappa shape index (κ2) is 3.86. The van der Waals surface area contributed by atoms with Gasteiger partial charge < -0.3 is 5.11 Å². The number of rotatable bonds is 2. The number of aromatic amines is 1. The van der Waals surface area contributed by atoms with Crippen LogP contribution >= 0.6 is 12.2 Å². The summed E-state index contributed by atoms with van der Waals surface area (Å²) in [6.45, 7) is 0. The number of H-pyrrole nitrogens is 1. The van der Waals surface area contributed by atoms with Crippen LogP contribution in [0.1, 0.15) is 10.6 Å². The molecule has 1 heterocycles. The normalized spacial score (nSPS) is 10.3. The number of aromatic carboxylic acids is 1. The summed E-state index contributed by atoms with van der Waals surface area (Å²) in [5.74, 6) is -2.00. The van der Waals surface area contributed by atoms with Crippen LogP contribution in [0.25, 0.3) is 5.69 Å². The van der Waals surface area contributed by atoms with Crippen molar-refractivity contribution in [1.29, 1.82) is 0 Å². The zero-order valence-corrected chi connectivity index (χ0v) is 8.66. The lowest BCUT2D eigenvalue weighted by Gasteiger charge is -2.03. The molecule has 7 heteroatoms. The van der Waals surface area contributed by atoms with E-state index in [0.29, 0.717) is 5.69 Å². The first-order valence-corrected chi connectivity index (χ1v) is 4.67. The first-order chi connectivity index (χ1) is 7.59. The topological polar surface area (TPSA) is 70.9 Å². The van der Waals surface area contributed by atoms with Crippen molar-refractivity contribution < 1.29 is 14.3 Å². The molecule has 0 aliphatic carbocycles. The van der Waals surface area contributed by atoms with Crippen molar-refractivity contribution in [2.24, 2.45) is 0 Å². The van der Waals surface area contributed by atoms with Crippen LogP contribution in [-0.2, 0) is 0 Å². The standard InChI is InChI=1S/C9H6FN3O2S/c10-5-2-1-3-6(4-5)13-7(8(14)15)11-12-9(13)16/h1-4H,(H,12,16)(H,14,15). The third-order valence-corrected chi connectivity index (χ3v) is 2.20. The molecule has 0 saturated heterocycles. The number of hydrogen-bond donors (Lipinski definition) is 2. The molecular weight excluding hydrogens is 233 g/mol. The molecule has 1 aromatic carbocycles. The Morgan fingerprint density at radius 1 is 1.56 bits per heavy atom. The van der Waals surface area contributed by atoms with Crippen LogP contribution in [0.2, 0.25) is 0 Å². The number of aromatic nitrogens is 3. The van der Waals surface area contributed by atoms with Crippen LogP contribution in [0.3, 0.4) is 0 Å². The van der Waals surface area contributed by atoms with Gasteiger partial charge in [-0.3, -0.25) is 9.67 Å². The Labute approximate surface area is 94.2 Å². The van der Waals surface area contributed by atoms with E-state index in [1.165, 1.54) is 18.2 Å². The van der Waals surface area contributed by atoms with Gasteiger partial charge in [0.15, 0.2) is 4.77 Å². The van der Waals surface area contributed by atoms with Gasteiger partial charge in [0, 0.05) is 0 Å². The molecule has 0 saturated carbocycles. The Kier molecular flexibility index (Phi) is 2.53. The highest BCUT2D eigenvalue weighted by Gasteiger charge is 2.15. The van der Waals surface area contributed by atoms with Crippen molar-refractivity contribution in [2.75, 3.05) is 0 Å². The first-order valence-electron chi connectivity index (χ1n) is 4.26. The molecule has 0 atom stereocenters. The van der Waals surface area contributed by atoms with Gasteiger partial charge in [0.05, 0.1) is 5.69 Å². The zero-order valence-electron chi connectivity index (χ0n) is 7.85. The molecule has 0 fully saturated rings. The molecule has 2 aromatic rings. The predicted molar refractivity (Wildman–Crippen MR) is 55.7 cm³/mol. The Hall–Kier alpha value is -2.02. The maximum absolute atomic E-state index is 13.0. The summed E-state index contributed by atoms with van der Waals surface area (Å²) in [6, 6.07) is 5.44. The number of benzene rings is 1. The Morgan fingerprint density at radius 2 is 2.31 bits per heavy atom. The number of hydrogen-bond acceptors (Lipinski definition) is 3. The third-order valence-electron chi connectivity index (χ3n) is 1.93. The molecule has 0 spiro atoms. The minimum atomic E-state index is -1.24. The highest BCUT2D eigenvalue weighted by atomic mass is 32.1. The SMILES string of the molecule is O=C(O)c1n[nH]c(=S)n1-c1cccc(F)c1. The van der Waals surface area contributed by atoms with Gasteiger partial charge in [-0.05, 0) is 30.4 Å². The third kappa shape index (κ3) is 1.72. The van der Waals surface area contributed by atoms with Gasteiger partial charge in [0.1, 0.15) is 5.82 Å². The molecule has 0 aliphatic heterocycles. The van der Waals surface area contributed by atoms with Gasteiger partial charge in [-0.2, -0.15) is 0 Å². The minimum absolute atomic E-state index is 0.100. The van der Waals surface area contributed by atoms with E-state index >= 15 is 0 Å². The fourth-order valence-corrected chi connectivity index (χ4v) is 1.53. The van der Waals surface area contributed by atoms with Crippen LogP contribution in [0, 0.1) is 10.6 Å². The number of carbonyl (C=O) groups is 1. The number of nitrogens with zero attached hydrogens (tertiary/aromatic N) is 2. The van der Waals surface area contributed by atoms with Crippen molar-refractivity contribution >= 4 is 18.2 Å². The van der Waals surface area contributed by atoms with Crippen LogP contribution in [0.4, 0.5) is 4.39 Å². The summed E-state index contributed by atoms with van der Waals surface area (Å²) < 4.78 is 14.3. The van der Waals surface area contributed by atoms with E-state index in [1.807, 2.05) is 0 Å². The molecule has 0 aliphatic rings. The average molecular weight is 239 g/mol. The molecule has 16 heavy (non-hydrogen) atoms. The predicted octanol–water partition coefficient (Wildman–Crippen LogP) is 1.77. The molecule has 0 amide bonds.